The first kappa shape index (κ1) is 16.9. The van der Waals surface area contributed by atoms with E-state index in [0.717, 1.165) is 25.9 Å². The van der Waals surface area contributed by atoms with E-state index >= 15 is 0 Å². The molecule has 0 bridgehead atoms. The van der Waals surface area contributed by atoms with Gasteiger partial charge in [-0.15, -0.1) is 0 Å². The van der Waals surface area contributed by atoms with Crippen LogP contribution in [0.2, 0.25) is 0 Å². The van der Waals surface area contributed by atoms with Crippen LogP contribution in [-0.4, -0.2) is 35.4 Å². The maximum absolute atomic E-state index is 13.1. The molecule has 1 aromatic rings. The van der Waals surface area contributed by atoms with Gasteiger partial charge in [0.05, 0.1) is 12.3 Å². The summed E-state index contributed by atoms with van der Waals surface area (Å²) in [5, 5.41) is 11.2. The van der Waals surface area contributed by atoms with Crippen LogP contribution in [0.5, 0.6) is 0 Å². The third-order valence-corrected chi connectivity index (χ3v) is 5.81. The van der Waals surface area contributed by atoms with Crippen molar-refractivity contribution in [3.63, 3.8) is 0 Å². The Morgan fingerprint density at radius 2 is 2.17 bits per heavy atom. The zero-order chi connectivity index (χ0) is 16.6. The SMILES string of the molecule is Cc1ccc2c(c1)CCN1C[C@@H](CC(C)C)[C@@](O)(CC[19F])C[C@H]21. The maximum Gasteiger partial charge on any atom is 0.0922 e. The zero-order valence-electron chi connectivity index (χ0n) is 14.7. The lowest BCUT2D eigenvalue weighted by atomic mass is 9.70. The van der Waals surface area contributed by atoms with Crippen molar-refractivity contribution in [1.29, 1.82) is 0 Å². The fourth-order valence-electron chi connectivity index (χ4n) is 4.64. The summed E-state index contributed by atoms with van der Waals surface area (Å²) in [6, 6.07) is 6.91. The molecule has 2 heterocycles. The Hall–Kier alpha value is -0.930. The minimum absolute atomic E-state index is 0.182. The van der Waals surface area contributed by atoms with E-state index in [2.05, 4.69) is 43.9 Å². The number of nitrogens with zero attached hydrogens (tertiary/aromatic N) is 1. The highest BCUT2D eigenvalue weighted by Crippen LogP contribution is 2.46. The summed E-state index contributed by atoms with van der Waals surface area (Å²) in [5.74, 6) is 0.712. The highest BCUT2D eigenvalue weighted by atomic mass is 19.1. The number of halogens is 1. The van der Waals surface area contributed by atoms with Crippen LogP contribution in [-0.2, 0) is 6.42 Å². The molecule has 3 heteroatoms. The molecule has 0 spiro atoms. The quantitative estimate of drug-likeness (QED) is 0.905. The van der Waals surface area contributed by atoms with Crippen molar-refractivity contribution in [1.82, 2.24) is 4.90 Å². The number of rotatable bonds is 4. The van der Waals surface area contributed by atoms with Crippen LogP contribution in [0.1, 0.15) is 55.8 Å². The van der Waals surface area contributed by atoms with Gasteiger partial charge in [-0.1, -0.05) is 37.6 Å². The summed E-state index contributed by atoms with van der Waals surface area (Å²) in [6.45, 7) is 8.03. The van der Waals surface area contributed by atoms with E-state index < -0.39 is 12.3 Å². The molecule has 2 aliphatic rings. The van der Waals surface area contributed by atoms with Crippen molar-refractivity contribution in [3.8, 4) is 0 Å². The molecule has 128 valence electrons. The Labute approximate surface area is 139 Å². The molecule has 0 unspecified atom stereocenters. The third-order valence-electron chi connectivity index (χ3n) is 5.81. The third kappa shape index (κ3) is 3.32. The monoisotopic (exact) mass is 319 g/mol. The van der Waals surface area contributed by atoms with Crippen LogP contribution in [0.15, 0.2) is 18.2 Å². The lowest BCUT2D eigenvalue weighted by Gasteiger charge is -2.51. The molecule has 0 radical (unpaired) electrons. The van der Waals surface area contributed by atoms with Gasteiger partial charge in [-0.25, -0.2) is 0 Å². The number of aryl methyl sites for hydroxylation is 1. The summed E-state index contributed by atoms with van der Waals surface area (Å²) >= 11 is 0. The van der Waals surface area contributed by atoms with Gasteiger partial charge in [0.1, 0.15) is 0 Å². The number of aliphatic hydroxyl groups is 1. The van der Waals surface area contributed by atoms with Crippen LogP contribution in [0.3, 0.4) is 0 Å². The van der Waals surface area contributed by atoms with Crippen LogP contribution in [0.25, 0.3) is 0 Å². The first-order valence-corrected chi connectivity index (χ1v) is 9.05. The predicted molar refractivity (Wildman–Crippen MR) is 92.3 cm³/mol. The van der Waals surface area contributed by atoms with E-state index in [1.807, 2.05) is 0 Å². The molecule has 0 aromatic heterocycles. The Bertz CT molecular complexity index is 559. The molecule has 2 nitrogen and oxygen atoms in total. The Morgan fingerprint density at radius 3 is 2.87 bits per heavy atom. The maximum atomic E-state index is 13.1. The van der Waals surface area contributed by atoms with Crippen molar-refractivity contribution < 1.29 is 9.50 Å². The van der Waals surface area contributed by atoms with Gasteiger partial charge >= 0.3 is 0 Å². The second kappa shape index (κ2) is 6.52. The molecule has 1 saturated heterocycles. The minimum atomic E-state index is -0.861. The van der Waals surface area contributed by atoms with Crippen molar-refractivity contribution in [2.45, 2.75) is 58.1 Å². The molecule has 3 atom stereocenters. The van der Waals surface area contributed by atoms with Gasteiger partial charge in [0.25, 0.3) is 0 Å². The summed E-state index contributed by atoms with van der Waals surface area (Å²) in [5.41, 5.74) is 3.20. The topological polar surface area (TPSA) is 23.5 Å². The fourth-order valence-corrected chi connectivity index (χ4v) is 4.64. The molecule has 0 amide bonds. The highest BCUT2D eigenvalue weighted by molar-refractivity contribution is 5.36. The fraction of sp³-hybridized carbons (Fsp3) is 0.700. The number of alkyl halides is 1. The van der Waals surface area contributed by atoms with Gasteiger partial charge in [0, 0.05) is 31.5 Å². The van der Waals surface area contributed by atoms with E-state index in [1.165, 1.54) is 16.7 Å². The Morgan fingerprint density at radius 1 is 1.39 bits per heavy atom. The molecule has 1 N–H and O–H groups in total. The second-order valence-electron chi connectivity index (χ2n) is 8.04. The minimum Gasteiger partial charge on any atom is -0.389 e. The highest BCUT2D eigenvalue weighted by Gasteiger charge is 2.47. The molecular formula is C20H30FNO. The summed E-state index contributed by atoms with van der Waals surface area (Å²) in [7, 11) is 0. The Kier molecular flexibility index (Phi) is 4.80. The normalized spacial score (nSPS) is 31.0. The molecular weight excluding hydrogens is 289 g/mol. The van der Waals surface area contributed by atoms with Crippen molar-refractivity contribution >= 4 is 0 Å². The lowest BCUT2D eigenvalue weighted by molar-refractivity contribution is -0.110. The Balaban J connectivity index is 1.90. The van der Waals surface area contributed by atoms with Gasteiger partial charge in [-0.2, -0.15) is 0 Å². The molecule has 1 aromatic carbocycles. The molecule has 3 rings (SSSR count). The number of piperidine rings is 1. The second-order valence-corrected chi connectivity index (χ2v) is 8.04. The summed E-state index contributed by atoms with van der Waals surface area (Å²) in [4.78, 5) is 2.53. The van der Waals surface area contributed by atoms with Gasteiger partial charge < -0.3 is 5.11 Å². The van der Waals surface area contributed by atoms with Gasteiger partial charge in [-0.05, 0) is 43.2 Å². The van der Waals surface area contributed by atoms with Crippen molar-refractivity contribution in [2.75, 3.05) is 19.8 Å². The first-order chi connectivity index (χ1) is 10.9. The largest absolute Gasteiger partial charge is 0.389 e. The predicted octanol–water partition coefficient (Wildman–Crippen LogP) is 4.05. The van der Waals surface area contributed by atoms with E-state index in [4.69, 9.17) is 0 Å². The number of hydrogen-bond donors (Lipinski definition) is 1. The van der Waals surface area contributed by atoms with Gasteiger partial charge in [-0.3, -0.25) is 9.29 Å². The average Bonchev–Trinajstić information content (AvgIpc) is 2.47. The average molecular weight is 319 g/mol. The van der Waals surface area contributed by atoms with Crippen molar-refractivity contribution in [2.24, 2.45) is 11.8 Å². The summed E-state index contributed by atoms with van der Waals surface area (Å²) in [6.07, 6.45) is 3.00. The van der Waals surface area contributed by atoms with E-state index in [1.54, 1.807) is 0 Å². The molecule has 0 aliphatic carbocycles. The number of hydrogen-bond acceptors (Lipinski definition) is 2. The van der Waals surface area contributed by atoms with Gasteiger partial charge in [0.2, 0.25) is 0 Å². The van der Waals surface area contributed by atoms with Crippen LogP contribution in [0.4, 0.5) is 4.39 Å². The molecule has 23 heavy (non-hydrogen) atoms. The zero-order valence-corrected chi connectivity index (χ0v) is 14.7. The van der Waals surface area contributed by atoms with Crippen LogP contribution >= 0.6 is 0 Å². The first-order valence-electron chi connectivity index (χ1n) is 9.05. The standard InChI is InChI=1S/C20H30FNO/c1-14(2)10-17-13-22-9-6-16-11-15(3)4-5-18(16)19(22)12-20(17,23)7-8-21/h4-5,11,14,17,19,23H,6-10,12-13H2,1-3H3/t17-,19-,20-/m1/s1/i21+0. The molecule has 2 aliphatic heterocycles. The van der Waals surface area contributed by atoms with Crippen molar-refractivity contribution in [3.05, 3.63) is 34.9 Å². The van der Waals surface area contributed by atoms with E-state index in [9.17, 15) is 9.50 Å². The van der Waals surface area contributed by atoms with E-state index in [-0.39, 0.29) is 18.4 Å². The van der Waals surface area contributed by atoms with Crippen LogP contribution < -0.4 is 0 Å². The lowest BCUT2D eigenvalue weighted by Crippen LogP contribution is -2.55. The molecule has 0 saturated carbocycles. The summed E-state index contributed by atoms with van der Waals surface area (Å²) < 4.78 is 13.1. The number of benzene rings is 1. The number of fused-ring (bicyclic) bond motifs is 3. The molecule has 1 fully saturated rings. The van der Waals surface area contributed by atoms with Gasteiger partial charge in [0.15, 0.2) is 0 Å². The van der Waals surface area contributed by atoms with E-state index in [0.29, 0.717) is 12.3 Å². The van der Waals surface area contributed by atoms with Crippen LogP contribution in [0, 0.1) is 18.8 Å². The smallest absolute Gasteiger partial charge is 0.0922 e.